The molecule has 3 nitrogen and oxygen atoms in total. The van der Waals surface area contributed by atoms with Crippen molar-refractivity contribution in [1.29, 1.82) is 0 Å². The van der Waals surface area contributed by atoms with Crippen LogP contribution in [0.1, 0.15) is 35.2 Å². The SMILES string of the molecule is CCc1ccc([C@@H](CNC(=S)Nc2ccc(C)c(C)c2)[NH+](C)C)cc1. The molecule has 0 unspecified atom stereocenters. The lowest BCUT2D eigenvalue weighted by atomic mass is 10.0. The Labute approximate surface area is 157 Å². The van der Waals surface area contributed by atoms with E-state index in [1.807, 2.05) is 0 Å². The van der Waals surface area contributed by atoms with Gasteiger partial charge in [-0.2, -0.15) is 0 Å². The Morgan fingerprint density at radius 2 is 1.72 bits per heavy atom. The first-order valence-electron chi connectivity index (χ1n) is 8.91. The van der Waals surface area contributed by atoms with Crippen LogP contribution < -0.4 is 15.5 Å². The maximum atomic E-state index is 5.48. The van der Waals surface area contributed by atoms with E-state index in [4.69, 9.17) is 12.2 Å². The number of likely N-dealkylation sites (N-methyl/N-ethyl adjacent to an activating group) is 1. The number of nitrogens with one attached hydrogen (secondary N) is 3. The summed E-state index contributed by atoms with van der Waals surface area (Å²) in [6.45, 7) is 7.21. The van der Waals surface area contributed by atoms with E-state index < -0.39 is 0 Å². The Bertz CT molecular complexity index is 708. The van der Waals surface area contributed by atoms with Crippen LogP contribution in [0.2, 0.25) is 0 Å². The molecule has 0 radical (unpaired) electrons. The van der Waals surface area contributed by atoms with Crippen molar-refractivity contribution in [2.24, 2.45) is 0 Å². The van der Waals surface area contributed by atoms with Crippen molar-refractivity contribution < 1.29 is 4.90 Å². The van der Waals surface area contributed by atoms with E-state index in [2.05, 4.69) is 88.0 Å². The highest BCUT2D eigenvalue weighted by atomic mass is 32.1. The lowest BCUT2D eigenvalue weighted by Crippen LogP contribution is -3.07. The lowest BCUT2D eigenvalue weighted by Gasteiger charge is -2.23. The lowest BCUT2D eigenvalue weighted by molar-refractivity contribution is -0.890. The van der Waals surface area contributed by atoms with Crippen molar-refractivity contribution in [1.82, 2.24) is 5.32 Å². The Balaban J connectivity index is 1.97. The maximum Gasteiger partial charge on any atom is 0.171 e. The molecule has 0 saturated heterocycles. The monoisotopic (exact) mass is 356 g/mol. The largest absolute Gasteiger partial charge is 0.356 e. The molecule has 0 heterocycles. The summed E-state index contributed by atoms with van der Waals surface area (Å²) in [5.74, 6) is 0. The minimum atomic E-state index is 0.352. The number of rotatable bonds is 6. The molecule has 0 amide bonds. The van der Waals surface area contributed by atoms with Crippen LogP contribution in [0, 0.1) is 13.8 Å². The first-order chi connectivity index (χ1) is 11.9. The number of thiocarbonyl (C=S) groups is 1. The fourth-order valence-electron chi connectivity index (χ4n) is 2.83. The summed E-state index contributed by atoms with van der Waals surface area (Å²) in [5, 5.41) is 7.32. The van der Waals surface area contributed by atoms with Gasteiger partial charge in [-0.1, -0.05) is 37.3 Å². The third kappa shape index (κ3) is 5.55. The topological polar surface area (TPSA) is 28.5 Å². The van der Waals surface area contributed by atoms with Gasteiger partial charge in [0.25, 0.3) is 0 Å². The summed E-state index contributed by atoms with van der Waals surface area (Å²) < 4.78 is 0. The van der Waals surface area contributed by atoms with E-state index in [0.717, 1.165) is 18.7 Å². The van der Waals surface area contributed by atoms with Crippen molar-refractivity contribution in [2.45, 2.75) is 33.2 Å². The third-order valence-electron chi connectivity index (χ3n) is 4.72. The van der Waals surface area contributed by atoms with Crippen LogP contribution in [0.5, 0.6) is 0 Å². The van der Waals surface area contributed by atoms with E-state index in [1.54, 1.807) is 0 Å². The minimum absolute atomic E-state index is 0.352. The van der Waals surface area contributed by atoms with Gasteiger partial charge in [0.05, 0.1) is 20.6 Å². The van der Waals surface area contributed by atoms with Crippen molar-refractivity contribution in [3.8, 4) is 0 Å². The highest BCUT2D eigenvalue weighted by Gasteiger charge is 2.18. The first kappa shape index (κ1) is 19.4. The number of anilines is 1. The minimum Gasteiger partial charge on any atom is -0.356 e. The van der Waals surface area contributed by atoms with Gasteiger partial charge in [-0.3, -0.25) is 0 Å². The molecule has 2 rings (SSSR count). The Kier molecular flexibility index (Phi) is 6.97. The smallest absolute Gasteiger partial charge is 0.171 e. The zero-order chi connectivity index (χ0) is 18.4. The van der Waals surface area contributed by atoms with Gasteiger partial charge in [0.15, 0.2) is 5.11 Å². The van der Waals surface area contributed by atoms with E-state index in [9.17, 15) is 0 Å². The molecular weight excluding hydrogens is 326 g/mol. The highest BCUT2D eigenvalue weighted by molar-refractivity contribution is 7.80. The summed E-state index contributed by atoms with van der Waals surface area (Å²) in [4.78, 5) is 1.38. The molecule has 3 N–H and O–H groups in total. The molecule has 0 saturated carbocycles. The van der Waals surface area contributed by atoms with Gasteiger partial charge in [0.2, 0.25) is 0 Å². The van der Waals surface area contributed by atoms with Crippen LogP contribution in [-0.2, 0) is 6.42 Å². The Morgan fingerprint density at radius 1 is 1.04 bits per heavy atom. The molecule has 2 aromatic carbocycles. The van der Waals surface area contributed by atoms with Crippen LogP contribution in [0.4, 0.5) is 5.69 Å². The second-order valence-corrected chi connectivity index (χ2v) is 7.27. The van der Waals surface area contributed by atoms with E-state index in [-0.39, 0.29) is 0 Å². The summed E-state index contributed by atoms with van der Waals surface area (Å²) in [6.07, 6.45) is 1.07. The van der Waals surface area contributed by atoms with Gasteiger partial charge in [-0.05, 0) is 61.3 Å². The normalized spacial score (nSPS) is 12.1. The first-order valence-corrected chi connectivity index (χ1v) is 9.32. The quantitative estimate of drug-likeness (QED) is 0.695. The summed E-state index contributed by atoms with van der Waals surface area (Å²) >= 11 is 5.48. The van der Waals surface area contributed by atoms with Crippen LogP contribution in [0.3, 0.4) is 0 Å². The molecule has 0 aliphatic heterocycles. The molecule has 0 fully saturated rings. The number of benzene rings is 2. The number of hydrogen-bond acceptors (Lipinski definition) is 1. The Hall–Kier alpha value is -1.91. The molecule has 1 atom stereocenters. The third-order valence-corrected chi connectivity index (χ3v) is 4.97. The van der Waals surface area contributed by atoms with Crippen LogP contribution in [0.25, 0.3) is 0 Å². The molecular formula is C21H30N3S+. The van der Waals surface area contributed by atoms with Gasteiger partial charge >= 0.3 is 0 Å². The van der Waals surface area contributed by atoms with Crippen molar-refractivity contribution in [3.63, 3.8) is 0 Å². The summed E-state index contributed by atoms with van der Waals surface area (Å²) in [6, 6.07) is 15.6. The molecule has 4 heteroatoms. The van der Waals surface area contributed by atoms with Crippen LogP contribution in [0.15, 0.2) is 42.5 Å². The van der Waals surface area contributed by atoms with Gasteiger partial charge in [-0.15, -0.1) is 0 Å². The van der Waals surface area contributed by atoms with E-state index in [1.165, 1.54) is 27.2 Å². The van der Waals surface area contributed by atoms with Crippen molar-refractivity contribution in [3.05, 3.63) is 64.7 Å². The van der Waals surface area contributed by atoms with Gasteiger partial charge in [-0.25, -0.2) is 0 Å². The maximum absolute atomic E-state index is 5.48. The van der Waals surface area contributed by atoms with Crippen molar-refractivity contribution >= 4 is 23.0 Å². The molecule has 25 heavy (non-hydrogen) atoms. The summed E-state index contributed by atoms with van der Waals surface area (Å²) in [5.41, 5.74) is 6.28. The van der Waals surface area contributed by atoms with Gasteiger partial charge < -0.3 is 15.5 Å². The van der Waals surface area contributed by atoms with Crippen LogP contribution >= 0.6 is 12.2 Å². The number of aryl methyl sites for hydroxylation is 3. The zero-order valence-electron chi connectivity index (χ0n) is 15.9. The fraction of sp³-hybridized carbons (Fsp3) is 0.381. The average Bonchev–Trinajstić information content (AvgIpc) is 2.58. The van der Waals surface area contributed by atoms with Crippen molar-refractivity contribution in [2.75, 3.05) is 26.0 Å². The fourth-order valence-corrected chi connectivity index (χ4v) is 3.03. The predicted octanol–water partition coefficient (Wildman–Crippen LogP) is 3.04. The molecule has 0 aromatic heterocycles. The van der Waals surface area contributed by atoms with Gasteiger partial charge in [0, 0.05) is 11.3 Å². The highest BCUT2D eigenvalue weighted by Crippen LogP contribution is 2.14. The Morgan fingerprint density at radius 3 is 2.28 bits per heavy atom. The molecule has 0 aliphatic carbocycles. The number of quaternary nitrogens is 1. The predicted molar refractivity (Wildman–Crippen MR) is 112 cm³/mol. The molecule has 2 aromatic rings. The average molecular weight is 357 g/mol. The standard InChI is InChI=1S/C21H29N3S/c1-6-17-8-10-18(11-9-17)20(24(4)5)14-22-21(25)23-19-12-7-15(2)16(3)13-19/h7-13,20H,6,14H2,1-5H3,(H2,22,23,25)/p+1/t20-/m1/s1. The van der Waals surface area contributed by atoms with Crippen LogP contribution in [-0.4, -0.2) is 25.8 Å². The second kappa shape index (κ2) is 8.97. The zero-order valence-corrected chi connectivity index (χ0v) is 16.8. The number of hydrogen-bond donors (Lipinski definition) is 3. The summed E-state index contributed by atoms with van der Waals surface area (Å²) in [7, 11) is 4.36. The van der Waals surface area contributed by atoms with E-state index in [0.29, 0.717) is 11.2 Å². The van der Waals surface area contributed by atoms with Gasteiger partial charge in [0.1, 0.15) is 6.04 Å². The second-order valence-electron chi connectivity index (χ2n) is 6.86. The van der Waals surface area contributed by atoms with E-state index >= 15 is 0 Å². The molecule has 0 spiro atoms. The molecule has 134 valence electrons. The molecule has 0 aliphatic rings. The molecule has 0 bridgehead atoms.